The number of hydrogen-bond donors (Lipinski definition) is 1. The van der Waals surface area contributed by atoms with E-state index in [4.69, 9.17) is 4.74 Å². The van der Waals surface area contributed by atoms with Crippen molar-refractivity contribution in [2.45, 2.75) is 31.1 Å². The number of carbonyl (C=O) groups excluding carboxylic acids is 2. The molecule has 0 amide bonds. The zero-order chi connectivity index (χ0) is 17.2. The molecule has 1 aliphatic rings. The van der Waals surface area contributed by atoms with Gasteiger partial charge in [-0.3, -0.25) is 4.55 Å². The third-order valence-corrected chi connectivity index (χ3v) is 4.64. The number of hydrogen-bond acceptors (Lipinski definition) is 5. The van der Waals surface area contributed by atoms with Crippen molar-refractivity contribution in [3.8, 4) is 0 Å². The van der Waals surface area contributed by atoms with E-state index in [1.807, 2.05) is 20.8 Å². The van der Waals surface area contributed by atoms with E-state index in [9.17, 15) is 22.6 Å². The fourth-order valence-corrected chi connectivity index (χ4v) is 3.32. The lowest BCUT2D eigenvalue weighted by Crippen LogP contribution is -2.25. The third-order valence-electron chi connectivity index (χ3n) is 3.81. The smallest absolute Gasteiger partial charge is 0.346 e. The predicted octanol–water partition coefficient (Wildman–Crippen LogP) is 2.69. The highest BCUT2D eigenvalue weighted by Gasteiger charge is 2.34. The first-order valence-electron chi connectivity index (χ1n) is 6.85. The van der Waals surface area contributed by atoms with Crippen LogP contribution in [-0.4, -0.2) is 24.9 Å². The van der Waals surface area contributed by atoms with E-state index < -0.39 is 27.0 Å². The van der Waals surface area contributed by atoms with Gasteiger partial charge in [0, 0.05) is 5.39 Å². The summed E-state index contributed by atoms with van der Waals surface area (Å²) in [6.45, 7) is 5.75. The van der Waals surface area contributed by atoms with E-state index in [1.165, 1.54) is 6.07 Å². The third kappa shape index (κ3) is 2.42. The summed E-state index contributed by atoms with van der Waals surface area (Å²) in [5.74, 6) is -1.68. The summed E-state index contributed by atoms with van der Waals surface area (Å²) >= 11 is 0. The van der Waals surface area contributed by atoms with Gasteiger partial charge in [-0.25, -0.2) is 9.59 Å². The Bertz CT molecular complexity index is 980. The molecule has 0 saturated carbocycles. The zero-order valence-corrected chi connectivity index (χ0v) is 13.5. The van der Waals surface area contributed by atoms with E-state index in [0.717, 1.165) is 6.07 Å². The maximum absolute atomic E-state index is 12.2. The van der Waals surface area contributed by atoms with Gasteiger partial charge in [0.05, 0.1) is 16.0 Å². The zero-order valence-electron chi connectivity index (χ0n) is 12.7. The van der Waals surface area contributed by atoms with Crippen LogP contribution >= 0.6 is 0 Å². The molecule has 2 aromatic rings. The Hall–Kier alpha value is -2.25. The molecule has 2 aromatic carbocycles. The van der Waals surface area contributed by atoms with Crippen LogP contribution < -0.4 is 0 Å². The van der Waals surface area contributed by atoms with Crippen molar-refractivity contribution in [2.24, 2.45) is 0 Å². The Morgan fingerprint density at radius 1 is 1.04 bits per heavy atom. The summed E-state index contributed by atoms with van der Waals surface area (Å²) in [5.41, 5.74) is 0.535. The van der Waals surface area contributed by atoms with Crippen molar-refractivity contribution in [1.29, 1.82) is 0 Å². The average Bonchev–Trinajstić information content (AvgIpc) is 2.41. The van der Waals surface area contributed by atoms with Crippen LogP contribution in [0.5, 0.6) is 0 Å². The molecule has 0 bridgehead atoms. The second-order valence-electron chi connectivity index (χ2n) is 6.46. The molecule has 7 heteroatoms. The van der Waals surface area contributed by atoms with Crippen molar-refractivity contribution < 1.29 is 27.3 Å². The van der Waals surface area contributed by atoms with Crippen LogP contribution in [0.1, 0.15) is 47.1 Å². The summed E-state index contributed by atoms with van der Waals surface area (Å²) in [5, 5.41) is 0.731. The van der Waals surface area contributed by atoms with Gasteiger partial charge >= 0.3 is 11.9 Å². The van der Waals surface area contributed by atoms with Gasteiger partial charge in [0.15, 0.2) is 0 Å². The molecule has 0 aliphatic carbocycles. The molecule has 0 aromatic heterocycles. The van der Waals surface area contributed by atoms with Gasteiger partial charge in [-0.1, -0.05) is 32.9 Å². The lowest BCUT2D eigenvalue weighted by atomic mass is 9.80. The van der Waals surface area contributed by atoms with Crippen LogP contribution in [0.4, 0.5) is 0 Å². The Kier molecular flexibility index (Phi) is 3.14. The summed E-state index contributed by atoms with van der Waals surface area (Å²) in [7, 11) is -4.48. The van der Waals surface area contributed by atoms with E-state index >= 15 is 0 Å². The maximum Gasteiger partial charge on any atom is 0.346 e. The molecule has 0 unspecified atom stereocenters. The van der Waals surface area contributed by atoms with Crippen molar-refractivity contribution >= 4 is 32.8 Å². The fourth-order valence-electron chi connectivity index (χ4n) is 2.78. The van der Waals surface area contributed by atoms with Crippen LogP contribution in [-0.2, 0) is 20.3 Å². The van der Waals surface area contributed by atoms with Crippen LogP contribution in [0, 0.1) is 0 Å². The quantitative estimate of drug-likeness (QED) is 0.489. The van der Waals surface area contributed by atoms with Crippen LogP contribution in [0.15, 0.2) is 29.2 Å². The Balaban J connectivity index is 2.52. The van der Waals surface area contributed by atoms with E-state index in [0.29, 0.717) is 16.3 Å². The van der Waals surface area contributed by atoms with Gasteiger partial charge in [0.25, 0.3) is 10.1 Å². The minimum Gasteiger partial charge on any atom is -0.386 e. The first kappa shape index (κ1) is 15.6. The number of cyclic esters (lactones) is 2. The van der Waals surface area contributed by atoms with E-state index in [1.54, 1.807) is 12.1 Å². The number of carbonyl (C=O) groups is 2. The SMILES string of the molecule is CC(C)(C)c1ccc2cc(S(=O)(=O)O)cc3c2c1C(=O)OC3=O. The first-order chi connectivity index (χ1) is 10.5. The molecule has 120 valence electrons. The molecule has 6 nitrogen and oxygen atoms in total. The molecule has 0 saturated heterocycles. The summed E-state index contributed by atoms with van der Waals surface area (Å²) in [4.78, 5) is 23.8. The molecule has 23 heavy (non-hydrogen) atoms. The Morgan fingerprint density at radius 2 is 1.70 bits per heavy atom. The van der Waals surface area contributed by atoms with Gasteiger partial charge in [0.1, 0.15) is 0 Å². The molecule has 0 atom stereocenters. The Morgan fingerprint density at radius 3 is 2.26 bits per heavy atom. The predicted molar refractivity (Wildman–Crippen MR) is 82.2 cm³/mol. The highest BCUT2D eigenvalue weighted by molar-refractivity contribution is 7.85. The normalized spacial score (nSPS) is 15.0. The highest BCUT2D eigenvalue weighted by Crippen LogP contribution is 2.37. The van der Waals surface area contributed by atoms with Gasteiger partial charge in [0.2, 0.25) is 0 Å². The van der Waals surface area contributed by atoms with Gasteiger partial charge in [-0.15, -0.1) is 0 Å². The van der Waals surface area contributed by atoms with Crippen molar-refractivity contribution in [1.82, 2.24) is 0 Å². The second-order valence-corrected chi connectivity index (χ2v) is 7.88. The van der Waals surface area contributed by atoms with E-state index in [-0.39, 0.29) is 16.5 Å². The molecule has 0 radical (unpaired) electrons. The van der Waals surface area contributed by atoms with Crippen LogP contribution in [0.25, 0.3) is 10.8 Å². The summed E-state index contributed by atoms with van der Waals surface area (Å²) in [6.07, 6.45) is 0. The van der Waals surface area contributed by atoms with Gasteiger partial charge in [-0.2, -0.15) is 8.42 Å². The molecule has 1 heterocycles. The molecular weight excluding hydrogens is 320 g/mol. The number of rotatable bonds is 1. The van der Waals surface area contributed by atoms with Crippen LogP contribution in [0.2, 0.25) is 0 Å². The average molecular weight is 334 g/mol. The number of esters is 2. The molecule has 0 spiro atoms. The maximum atomic E-state index is 12.2. The van der Waals surface area contributed by atoms with Crippen molar-refractivity contribution in [3.63, 3.8) is 0 Å². The molecule has 0 fully saturated rings. The first-order valence-corrected chi connectivity index (χ1v) is 8.29. The van der Waals surface area contributed by atoms with Gasteiger partial charge < -0.3 is 4.74 Å². The largest absolute Gasteiger partial charge is 0.386 e. The van der Waals surface area contributed by atoms with E-state index in [2.05, 4.69) is 0 Å². The summed E-state index contributed by atoms with van der Waals surface area (Å²) in [6, 6.07) is 5.59. The molecule has 1 N–H and O–H groups in total. The summed E-state index contributed by atoms with van der Waals surface area (Å²) < 4.78 is 36.7. The molecule has 1 aliphatic heterocycles. The van der Waals surface area contributed by atoms with Crippen molar-refractivity contribution in [3.05, 3.63) is 41.0 Å². The number of ether oxygens (including phenoxy) is 1. The minimum absolute atomic E-state index is 0.0455. The lowest BCUT2D eigenvalue weighted by Gasteiger charge is -2.26. The second kappa shape index (κ2) is 4.62. The molecule has 3 rings (SSSR count). The standard InChI is InChI=1S/C16H14O6S/c1-16(2,3)11-5-4-8-6-9(23(19,20)21)7-10-12(8)13(11)15(18)22-14(10)17/h4-7H,1-3H3,(H,19,20,21). The molecular formula is C16H14O6S. The van der Waals surface area contributed by atoms with Gasteiger partial charge in [-0.05, 0) is 28.5 Å². The number of benzene rings is 2. The minimum atomic E-state index is -4.48. The topological polar surface area (TPSA) is 97.7 Å². The monoisotopic (exact) mass is 334 g/mol. The fraction of sp³-hybridized carbons (Fsp3) is 0.250. The highest BCUT2D eigenvalue weighted by atomic mass is 32.2. The Labute approximate surface area is 132 Å². The van der Waals surface area contributed by atoms with Crippen LogP contribution in [0.3, 0.4) is 0 Å². The van der Waals surface area contributed by atoms with Crippen molar-refractivity contribution in [2.75, 3.05) is 0 Å². The lowest BCUT2D eigenvalue weighted by molar-refractivity contribution is 0.0389.